The molecule has 0 saturated carbocycles. The molecule has 3 aromatic rings. The van der Waals surface area contributed by atoms with E-state index in [1.54, 1.807) is 7.11 Å². The number of ether oxygens (including phenoxy) is 1. The molecule has 4 rings (SSSR count). The maximum Gasteiger partial charge on any atom is 0.240 e. The van der Waals surface area contributed by atoms with Crippen molar-refractivity contribution in [3.05, 3.63) is 66.0 Å². The van der Waals surface area contributed by atoms with Gasteiger partial charge in [0.25, 0.3) is 0 Å². The highest BCUT2D eigenvalue weighted by Gasteiger charge is 2.37. The summed E-state index contributed by atoms with van der Waals surface area (Å²) in [6, 6.07) is 17.0. The van der Waals surface area contributed by atoms with Crippen LogP contribution in [0.5, 0.6) is 5.75 Å². The summed E-state index contributed by atoms with van der Waals surface area (Å²) < 4.78 is 7.06. The molecule has 0 aliphatic carbocycles. The third kappa shape index (κ3) is 3.55. The highest BCUT2D eigenvalue weighted by molar-refractivity contribution is 8.00. The number of nitrogens with zero attached hydrogens (tertiary/aromatic N) is 3. The number of benzene rings is 2. The van der Waals surface area contributed by atoms with Crippen LogP contribution in [0, 0.1) is 0 Å². The second-order valence-electron chi connectivity index (χ2n) is 6.36. The summed E-state index contributed by atoms with van der Waals surface area (Å²) in [4.78, 5) is 13.1. The molecule has 0 fully saturated rings. The molecule has 1 aromatic heterocycles. The summed E-state index contributed by atoms with van der Waals surface area (Å²) in [5, 5.41) is 11.8. The zero-order chi connectivity index (χ0) is 19.5. The van der Waals surface area contributed by atoms with Crippen LogP contribution in [0.15, 0.2) is 59.8 Å². The quantitative estimate of drug-likeness (QED) is 0.690. The Bertz CT molecular complexity index is 958. The van der Waals surface area contributed by atoms with Crippen molar-refractivity contribution in [3.63, 3.8) is 0 Å². The molecule has 0 radical (unpaired) electrons. The predicted molar refractivity (Wildman–Crippen MR) is 109 cm³/mol. The smallest absolute Gasteiger partial charge is 0.240 e. The first-order chi connectivity index (χ1) is 13.7. The van der Waals surface area contributed by atoms with Gasteiger partial charge in [0, 0.05) is 12.1 Å². The third-order valence-electron chi connectivity index (χ3n) is 4.59. The number of carbonyl (C=O) groups is 1. The van der Waals surface area contributed by atoms with E-state index in [4.69, 9.17) is 4.74 Å². The zero-order valence-electron chi connectivity index (χ0n) is 15.6. The number of aryl methyl sites for hydroxylation is 1. The summed E-state index contributed by atoms with van der Waals surface area (Å²) in [6.07, 6.45) is 0.755. The van der Waals surface area contributed by atoms with E-state index in [0.29, 0.717) is 5.16 Å². The number of fused-ring (bicyclic) bond motifs is 1. The van der Waals surface area contributed by atoms with Gasteiger partial charge >= 0.3 is 0 Å². The Balaban J connectivity index is 1.62. The largest absolute Gasteiger partial charge is 0.497 e. The van der Waals surface area contributed by atoms with Crippen molar-refractivity contribution in [2.75, 3.05) is 17.9 Å². The number of hydrogen-bond acceptors (Lipinski definition) is 6. The summed E-state index contributed by atoms with van der Waals surface area (Å²) in [6.45, 7) is 2.03. The summed E-state index contributed by atoms with van der Waals surface area (Å²) in [5.74, 6) is 1.50. The second kappa shape index (κ2) is 7.93. The SMILES string of the molecule is CCc1nnc2n1N[C@@H](c1ccccc1)[C@@H](C(=O)Nc1ccc(OC)cc1)S2. The minimum atomic E-state index is -0.397. The predicted octanol–water partition coefficient (Wildman–Crippen LogP) is 3.25. The van der Waals surface area contributed by atoms with E-state index in [1.807, 2.05) is 66.2 Å². The van der Waals surface area contributed by atoms with Crippen LogP contribution >= 0.6 is 11.8 Å². The first kappa shape index (κ1) is 18.4. The molecule has 0 saturated heterocycles. The lowest BCUT2D eigenvalue weighted by atomic mass is 10.0. The standard InChI is InChI=1S/C20H21N5O2S/c1-3-16-22-23-20-25(16)24-17(13-7-5-4-6-8-13)18(28-20)19(26)21-14-9-11-15(27-2)12-10-14/h4-12,17-18,24H,3H2,1-2H3,(H,21,26)/t17-,18-/m0/s1. The lowest BCUT2D eigenvalue weighted by molar-refractivity contribution is -0.116. The number of methoxy groups -OCH3 is 1. The van der Waals surface area contributed by atoms with Crippen molar-refractivity contribution in [1.29, 1.82) is 0 Å². The van der Waals surface area contributed by atoms with Gasteiger partial charge in [0.1, 0.15) is 11.0 Å². The fourth-order valence-corrected chi connectivity index (χ4v) is 4.22. The molecular weight excluding hydrogens is 374 g/mol. The average molecular weight is 395 g/mol. The molecule has 7 nitrogen and oxygen atoms in total. The van der Waals surface area contributed by atoms with Crippen LogP contribution in [0.1, 0.15) is 24.4 Å². The number of rotatable bonds is 5. The third-order valence-corrected chi connectivity index (χ3v) is 5.81. The summed E-state index contributed by atoms with van der Waals surface area (Å²) >= 11 is 1.42. The van der Waals surface area contributed by atoms with Gasteiger partial charge in [-0.05, 0) is 29.8 Å². The van der Waals surface area contributed by atoms with Gasteiger partial charge in [-0.15, -0.1) is 10.2 Å². The minimum Gasteiger partial charge on any atom is -0.497 e. The molecular formula is C20H21N5O2S. The summed E-state index contributed by atoms with van der Waals surface area (Å²) in [7, 11) is 1.61. The van der Waals surface area contributed by atoms with Crippen molar-refractivity contribution in [2.45, 2.75) is 29.8 Å². The molecule has 0 unspecified atom stereocenters. The number of thioether (sulfide) groups is 1. The van der Waals surface area contributed by atoms with Gasteiger partial charge in [0.15, 0.2) is 5.82 Å². The van der Waals surface area contributed by atoms with Gasteiger partial charge in [0.05, 0.1) is 13.2 Å². The van der Waals surface area contributed by atoms with Gasteiger partial charge in [-0.2, -0.15) is 0 Å². The monoisotopic (exact) mass is 395 g/mol. The van der Waals surface area contributed by atoms with Gasteiger partial charge in [-0.25, -0.2) is 4.68 Å². The molecule has 2 aromatic carbocycles. The van der Waals surface area contributed by atoms with E-state index >= 15 is 0 Å². The first-order valence-corrected chi connectivity index (χ1v) is 9.95. The average Bonchev–Trinajstić information content (AvgIpc) is 3.16. The van der Waals surface area contributed by atoms with Crippen LogP contribution in [-0.2, 0) is 11.2 Å². The second-order valence-corrected chi connectivity index (χ2v) is 7.47. The Hall–Kier alpha value is -3.00. The van der Waals surface area contributed by atoms with Crippen molar-refractivity contribution in [2.24, 2.45) is 0 Å². The summed E-state index contributed by atoms with van der Waals surface area (Å²) in [5.41, 5.74) is 5.19. The molecule has 1 amide bonds. The number of amides is 1. The van der Waals surface area contributed by atoms with Crippen LogP contribution in [0.2, 0.25) is 0 Å². The maximum absolute atomic E-state index is 13.1. The fourth-order valence-electron chi connectivity index (χ4n) is 3.13. The Morgan fingerprint density at radius 3 is 2.61 bits per heavy atom. The lowest BCUT2D eigenvalue weighted by Crippen LogP contribution is -2.41. The van der Waals surface area contributed by atoms with Crippen molar-refractivity contribution < 1.29 is 9.53 Å². The number of carbonyl (C=O) groups excluding carboxylic acids is 1. The number of aromatic nitrogens is 3. The highest BCUT2D eigenvalue weighted by Crippen LogP contribution is 2.37. The molecule has 144 valence electrons. The normalized spacial score (nSPS) is 18.1. The molecule has 28 heavy (non-hydrogen) atoms. The minimum absolute atomic E-state index is 0.0937. The highest BCUT2D eigenvalue weighted by atomic mass is 32.2. The van der Waals surface area contributed by atoms with E-state index in [1.165, 1.54) is 11.8 Å². The number of nitrogens with one attached hydrogen (secondary N) is 2. The Labute approximate surface area is 167 Å². The molecule has 0 spiro atoms. The number of anilines is 1. The molecule has 0 bridgehead atoms. The number of hydrogen-bond donors (Lipinski definition) is 2. The Morgan fingerprint density at radius 1 is 1.18 bits per heavy atom. The maximum atomic E-state index is 13.1. The van der Waals surface area contributed by atoms with Crippen LogP contribution in [0.4, 0.5) is 5.69 Å². The topological polar surface area (TPSA) is 81.1 Å². The van der Waals surface area contributed by atoms with Gasteiger partial charge in [-0.1, -0.05) is 49.0 Å². The van der Waals surface area contributed by atoms with E-state index in [9.17, 15) is 4.79 Å². The molecule has 2 atom stereocenters. The Kier molecular flexibility index (Phi) is 5.21. The van der Waals surface area contributed by atoms with Crippen molar-refractivity contribution >= 4 is 23.4 Å². The molecule has 2 heterocycles. The van der Waals surface area contributed by atoms with E-state index < -0.39 is 5.25 Å². The van der Waals surface area contributed by atoms with Crippen molar-refractivity contribution in [3.8, 4) is 5.75 Å². The van der Waals surface area contributed by atoms with Crippen LogP contribution < -0.4 is 15.5 Å². The van der Waals surface area contributed by atoms with Gasteiger partial charge in [-0.3, -0.25) is 4.79 Å². The van der Waals surface area contributed by atoms with E-state index in [0.717, 1.165) is 29.2 Å². The molecule has 2 N–H and O–H groups in total. The van der Waals surface area contributed by atoms with E-state index in [-0.39, 0.29) is 11.9 Å². The van der Waals surface area contributed by atoms with Crippen LogP contribution in [0.25, 0.3) is 0 Å². The first-order valence-electron chi connectivity index (χ1n) is 9.07. The molecule has 1 aliphatic heterocycles. The van der Waals surface area contributed by atoms with Gasteiger partial charge in [0.2, 0.25) is 11.1 Å². The van der Waals surface area contributed by atoms with Crippen LogP contribution in [0.3, 0.4) is 0 Å². The fraction of sp³-hybridized carbons (Fsp3) is 0.250. The van der Waals surface area contributed by atoms with Crippen LogP contribution in [-0.4, -0.2) is 33.1 Å². The molecule has 8 heteroatoms. The molecule has 1 aliphatic rings. The van der Waals surface area contributed by atoms with Crippen molar-refractivity contribution in [1.82, 2.24) is 14.9 Å². The van der Waals surface area contributed by atoms with E-state index in [2.05, 4.69) is 20.9 Å². The van der Waals surface area contributed by atoms with Gasteiger partial charge < -0.3 is 15.5 Å². The zero-order valence-corrected chi connectivity index (χ0v) is 16.4. The lowest BCUT2D eigenvalue weighted by Gasteiger charge is -2.33. The Morgan fingerprint density at radius 2 is 1.93 bits per heavy atom.